The van der Waals surface area contributed by atoms with Crippen molar-refractivity contribution in [2.45, 2.75) is 65.7 Å². The predicted octanol–water partition coefficient (Wildman–Crippen LogP) is 4.52. The van der Waals surface area contributed by atoms with Gasteiger partial charge in [-0.3, -0.25) is 0 Å². The average Bonchev–Trinajstić information content (AvgIpc) is 3.53. The molecule has 2 aromatic carbocycles. The number of tetrazole rings is 1. The number of aryl methyl sites for hydroxylation is 1. The fraction of sp³-hybridized carbons (Fsp3) is 0.370. The summed E-state index contributed by atoms with van der Waals surface area (Å²) in [7, 11) is 0. The van der Waals surface area contributed by atoms with Crippen LogP contribution >= 0.6 is 0 Å². The third-order valence-electron chi connectivity index (χ3n) is 5.49. The largest absolute Gasteiger partial charge is 0.458 e. The van der Waals surface area contributed by atoms with Crippen LogP contribution in [0.1, 0.15) is 71.4 Å². The Labute approximate surface area is 213 Å². The Hall–Kier alpha value is -3.85. The number of nitrogens with one attached hydrogen (secondary N) is 1. The summed E-state index contributed by atoms with van der Waals surface area (Å²) in [5, 5.41) is 25.1. The Morgan fingerprint density at radius 3 is 2.44 bits per heavy atom. The van der Waals surface area contributed by atoms with E-state index >= 15 is 0 Å². The summed E-state index contributed by atoms with van der Waals surface area (Å²) in [4.78, 5) is 17.8. The van der Waals surface area contributed by atoms with Crippen LogP contribution in [0.4, 0.5) is 0 Å². The Kier molecular flexibility index (Phi) is 6.54. The molecule has 36 heavy (non-hydrogen) atoms. The SMILES string of the molecule is [2H]C([2H])(c1ccc(-c2ccccc2-c2nn[nH]n2)cc1)n1c(CCC)nc(C(C)(C)O)c1C(=O)OC(C)C. The molecule has 0 fully saturated rings. The van der Waals surface area contributed by atoms with Crippen molar-refractivity contribution < 1.29 is 17.4 Å². The first-order valence-electron chi connectivity index (χ1n) is 12.9. The van der Waals surface area contributed by atoms with Crippen LogP contribution in [-0.2, 0) is 23.3 Å². The van der Waals surface area contributed by atoms with Gasteiger partial charge >= 0.3 is 5.97 Å². The van der Waals surface area contributed by atoms with Gasteiger partial charge in [-0.1, -0.05) is 55.5 Å². The standard InChI is InChI=1S/C27H32N6O3/c1-6-9-22-28-24(27(4,5)35)23(26(34)36-17(2)3)33(22)16-18-12-14-19(15-13-18)20-10-7-8-11-21(20)25-29-31-32-30-25/h7-8,10-15,17,35H,6,9,16H2,1-5H3,(H,29,30,31,32)/i16D2. The third-order valence-corrected chi connectivity index (χ3v) is 5.49. The van der Waals surface area contributed by atoms with Crippen molar-refractivity contribution in [3.8, 4) is 22.5 Å². The lowest BCUT2D eigenvalue weighted by atomic mass is 9.98. The van der Waals surface area contributed by atoms with Crippen LogP contribution in [0.25, 0.3) is 22.5 Å². The number of carbonyl (C=O) groups excluding carboxylic acids is 1. The average molecular weight is 491 g/mol. The van der Waals surface area contributed by atoms with Crippen molar-refractivity contribution in [3.63, 3.8) is 0 Å². The first-order valence-corrected chi connectivity index (χ1v) is 11.9. The topological polar surface area (TPSA) is 119 Å². The van der Waals surface area contributed by atoms with Crippen molar-refractivity contribution in [1.29, 1.82) is 0 Å². The number of rotatable bonds is 9. The molecule has 9 nitrogen and oxygen atoms in total. The summed E-state index contributed by atoms with van der Waals surface area (Å²) in [6, 6.07) is 14.6. The normalized spacial score (nSPS) is 13.0. The number of benzene rings is 2. The zero-order valence-corrected chi connectivity index (χ0v) is 21.1. The van der Waals surface area contributed by atoms with Crippen molar-refractivity contribution in [1.82, 2.24) is 30.2 Å². The molecule has 0 unspecified atom stereocenters. The van der Waals surface area contributed by atoms with E-state index in [1.807, 2.05) is 43.3 Å². The van der Waals surface area contributed by atoms with E-state index in [1.165, 1.54) is 18.4 Å². The quantitative estimate of drug-likeness (QED) is 0.331. The number of carbonyl (C=O) groups is 1. The van der Waals surface area contributed by atoms with Gasteiger partial charge in [0, 0.05) is 18.5 Å². The Balaban J connectivity index is 1.83. The second-order valence-corrected chi connectivity index (χ2v) is 9.29. The second kappa shape index (κ2) is 10.4. The van der Waals surface area contributed by atoms with Crippen molar-refractivity contribution in [2.24, 2.45) is 0 Å². The maximum Gasteiger partial charge on any atom is 0.357 e. The van der Waals surface area contributed by atoms with Crippen LogP contribution in [0.15, 0.2) is 48.5 Å². The minimum absolute atomic E-state index is 0.0844. The summed E-state index contributed by atoms with van der Waals surface area (Å²) in [5.74, 6) is 0.0773. The molecule has 188 valence electrons. The maximum atomic E-state index is 13.2. The molecule has 2 heterocycles. The molecule has 0 spiro atoms. The molecule has 0 bridgehead atoms. The van der Waals surface area contributed by atoms with Gasteiger partial charge in [-0.2, -0.15) is 5.21 Å². The molecule has 0 aliphatic rings. The summed E-state index contributed by atoms with van der Waals surface area (Å²) >= 11 is 0. The van der Waals surface area contributed by atoms with Crippen LogP contribution in [-0.4, -0.2) is 47.4 Å². The van der Waals surface area contributed by atoms with Gasteiger partial charge in [-0.15, -0.1) is 10.2 Å². The molecule has 0 saturated carbocycles. The summed E-state index contributed by atoms with van der Waals surface area (Å²) in [6.45, 7) is 6.25. The van der Waals surface area contributed by atoms with E-state index in [9.17, 15) is 9.90 Å². The lowest BCUT2D eigenvalue weighted by Gasteiger charge is -2.18. The Morgan fingerprint density at radius 2 is 1.86 bits per heavy atom. The molecule has 0 aliphatic heterocycles. The molecule has 2 N–H and O–H groups in total. The maximum absolute atomic E-state index is 13.2. The lowest BCUT2D eigenvalue weighted by Crippen LogP contribution is -2.24. The summed E-state index contributed by atoms with van der Waals surface area (Å²) < 4.78 is 25.1. The number of H-pyrrole nitrogens is 1. The number of hydrogen-bond acceptors (Lipinski definition) is 7. The summed E-state index contributed by atoms with van der Waals surface area (Å²) in [6.07, 6.45) is 0.649. The van der Waals surface area contributed by atoms with Gasteiger partial charge in [0.25, 0.3) is 0 Å². The monoisotopic (exact) mass is 490 g/mol. The Bertz CT molecular complexity index is 1410. The fourth-order valence-corrected chi connectivity index (χ4v) is 3.92. The second-order valence-electron chi connectivity index (χ2n) is 9.29. The number of aromatic nitrogens is 6. The number of nitrogens with zero attached hydrogens (tertiary/aromatic N) is 5. The lowest BCUT2D eigenvalue weighted by molar-refractivity contribution is 0.0334. The minimum Gasteiger partial charge on any atom is -0.458 e. The van der Waals surface area contributed by atoms with Gasteiger partial charge in [0.15, 0.2) is 5.69 Å². The summed E-state index contributed by atoms with van der Waals surface area (Å²) in [5.41, 5.74) is 1.30. The number of hydrogen-bond donors (Lipinski definition) is 2. The van der Waals surface area contributed by atoms with Crippen LogP contribution in [0.2, 0.25) is 0 Å². The molecule has 4 rings (SSSR count). The van der Waals surface area contributed by atoms with Gasteiger partial charge in [-0.25, -0.2) is 9.78 Å². The highest BCUT2D eigenvalue weighted by Gasteiger charge is 2.32. The molecule has 2 aromatic heterocycles. The van der Waals surface area contributed by atoms with Gasteiger partial charge < -0.3 is 14.4 Å². The van der Waals surface area contributed by atoms with E-state index in [4.69, 9.17) is 7.48 Å². The van der Waals surface area contributed by atoms with Crippen molar-refractivity contribution >= 4 is 5.97 Å². The molecule has 0 radical (unpaired) electrons. The van der Waals surface area contributed by atoms with E-state index in [0.717, 1.165) is 16.7 Å². The van der Waals surface area contributed by atoms with Crippen molar-refractivity contribution in [2.75, 3.05) is 0 Å². The number of imidazole rings is 1. The molecule has 4 aromatic rings. The molecular formula is C27H32N6O3. The Morgan fingerprint density at radius 1 is 1.17 bits per heavy atom. The molecular weight excluding hydrogens is 456 g/mol. The van der Waals surface area contributed by atoms with Crippen molar-refractivity contribution in [3.05, 3.63) is 71.3 Å². The predicted molar refractivity (Wildman–Crippen MR) is 136 cm³/mol. The molecule has 0 atom stereocenters. The van der Waals surface area contributed by atoms with Crippen LogP contribution < -0.4 is 0 Å². The highest BCUT2D eigenvalue weighted by molar-refractivity contribution is 5.89. The van der Waals surface area contributed by atoms with Gasteiger partial charge in [0.2, 0.25) is 5.82 Å². The smallest absolute Gasteiger partial charge is 0.357 e. The van der Waals surface area contributed by atoms with Crippen LogP contribution in [0.3, 0.4) is 0 Å². The highest BCUT2D eigenvalue weighted by atomic mass is 16.5. The van der Waals surface area contributed by atoms with Gasteiger partial charge in [0.1, 0.15) is 17.1 Å². The van der Waals surface area contributed by atoms with E-state index in [0.29, 0.717) is 30.1 Å². The van der Waals surface area contributed by atoms with E-state index in [-0.39, 0.29) is 11.4 Å². The fourth-order valence-electron chi connectivity index (χ4n) is 3.92. The first kappa shape index (κ1) is 22.6. The number of esters is 1. The van der Waals surface area contributed by atoms with Gasteiger partial charge in [-0.05, 0) is 56.0 Å². The molecule has 0 aliphatic carbocycles. The van der Waals surface area contributed by atoms with Crippen LogP contribution in [0, 0.1) is 0 Å². The van der Waals surface area contributed by atoms with Crippen LogP contribution in [0.5, 0.6) is 0 Å². The number of ether oxygens (including phenoxy) is 1. The molecule has 0 amide bonds. The highest BCUT2D eigenvalue weighted by Crippen LogP contribution is 2.31. The zero-order valence-electron chi connectivity index (χ0n) is 23.1. The van der Waals surface area contributed by atoms with E-state index in [1.54, 1.807) is 26.0 Å². The van der Waals surface area contributed by atoms with Gasteiger partial charge in [0.05, 0.1) is 8.85 Å². The molecule has 0 saturated heterocycles. The van der Waals surface area contributed by atoms with E-state index in [2.05, 4.69) is 25.6 Å². The molecule has 9 heteroatoms. The third kappa shape index (κ3) is 5.36. The minimum atomic E-state index is -2.17. The zero-order chi connectivity index (χ0) is 27.7. The number of aliphatic hydroxyl groups is 1. The van der Waals surface area contributed by atoms with E-state index < -0.39 is 24.2 Å². The number of aromatic amines is 1. The first-order chi connectivity index (χ1) is 17.9.